The van der Waals surface area contributed by atoms with E-state index in [1.807, 2.05) is 13.8 Å². The average Bonchev–Trinajstić information content (AvgIpc) is 2.08. The summed E-state index contributed by atoms with van der Waals surface area (Å²) in [5, 5.41) is 6.72. The Morgan fingerprint density at radius 1 is 1.08 bits per heavy atom. The molecule has 0 aliphatic heterocycles. The molecule has 0 saturated carbocycles. The number of nitrogens with one attached hydrogen (secondary N) is 2. The molecule has 2 unspecified atom stereocenters. The maximum Gasteiger partial charge on any atom is 0.0544 e. The van der Waals surface area contributed by atoms with Gasteiger partial charge in [0.2, 0.25) is 0 Å². The first-order valence-corrected chi connectivity index (χ1v) is 5.20. The molecule has 76 valence electrons. The first-order valence-electron chi connectivity index (χ1n) is 5.20. The fraction of sp³-hybridized carbons (Fsp3) is 1.00. The summed E-state index contributed by atoms with van der Waals surface area (Å²) in [5.74, 6) is 0. The summed E-state index contributed by atoms with van der Waals surface area (Å²) in [6.45, 7) is 13.7. The van der Waals surface area contributed by atoms with Gasteiger partial charge in [0.1, 0.15) is 0 Å². The van der Waals surface area contributed by atoms with Gasteiger partial charge in [-0.05, 0) is 26.8 Å². The highest BCUT2D eigenvalue weighted by atomic mass is 15.1. The molecule has 0 saturated heterocycles. The Labute approximate surface area is 78.1 Å². The van der Waals surface area contributed by atoms with Crippen LogP contribution in [0.2, 0.25) is 0 Å². The van der Waals surface area contributed by atoms with Crippen LogP contribution in [0.25, 0.3) is 0 Å². The van der Waals surface area contributed by atoms with Gasteiger partial charge in [0.25, 0.3) is 0 Å². The van der Waals surface area contributed by atoms with Crippen molar-refractivity contribution in [2.45, 2.75) is 60.2 Å². The number of hydrogen-bond acceptors (Lipinski definition) is 2. The van der Waals surface area contributed by atoms with Crippen molar-refractivity contribution in [1.29, 1.82) is 0 Å². The molecule has 0 aromatic rings. The van der Waals surface area contributed by atoms with Crippen LogP contribution in [0.3, 0.4) is 0 Å². The molecule has 0 bridgehead atoms. The van der Waals surface area contributed by atoms with E-state index in [1.165, 1.54) is 6.42 Å². The molecule has 0 rings (SSSR count). The Balaban J connectivity index is 0. The molecule has 0 aliphatic rings. The third-order valence-corrected chi connectivity index (χ3v) is 1.66. The second-order valence-electron chi connectivity index (χ2n) is 2.76. The summed E-state index contributed by atoms with van der Waals surface area (Å²) in [6.07, 6.45) is 1.63. The molecule has 12 heavy (non-hydrogen) atoms. The quantitative estimate of drug-likeness (QED) is 0.625. The molecule has 2 atom stereocenters. The lowest BCUT2D eigenvalue weighted by Gasteiger charge is -2.18. The van der Waals surface area contributed by atoms with Gasteiger partial charge >= 0.3 is 0 Å². The Hall–Kier alpha value is -0.0800. The lowest BCUT2D eigenvalue weighted by molar-refractivity contribution is 0.405. The fourth-order valence-electron chi connectivity index (χ4n) is 0.910. The monoisotopic (exact) mass is 174 g/mol. The molecule has 0 aromatic carbocycles. The molecule has 2 heteroatoms. The maximum absolute atomic E-state index is 3.42. The van der Waals surface area contributed by atoms with Crippen LogP contribution in [0, 0.1) is 0 Å². The minimum atomic E-state index is 0.444. The van der Waals surface area contributed by atoms with E-state index < -0.39 is 0 Å². The second kappa shape index (κ2) is 10.9. The Morgan fingerprint density at radius 2 is 1.58 bits per heavy atom. The van der Waals surface area contributed by atoms with Crippen molar-refractivity contribution in [3.8, 4) is 0 Å². The van der Waals surface area contributed by atoms with Gasteiger partial charge in [-0.1, -0.05) is 27.7 Å². The van der Waals surface area contributed by atoms with Crippen LogP contribution >= 0.6 is 0 Å². The van der Waals surface area contributed by atoms with E-state index in [0.717, 1.165) is 6.54 Å². The van der Waals surface area contributed by atoms with Crippen LogP contribution in [0.15, 0.2) is 0 Å². The van der Waals surface area contributed by atoms with Crippen molar-refractivity contribution in [2.75, 3.05) is 6.54 Å². The van der Waals surface area contributed by atoms with Crippen molar-refractivity contribution in [3.63, 3.8) is 0 Å². The summed E-state index contributed by atoms with van der Waals surface area (Å²) in [7, 11) is 0. The van der Waals surface area contributed by atoms with Crippen molar-refractivity contribution in [2.24, 2.45) is 0 Å². The van der Waals surface area contributed by atoms with E-state index in [2.05, 4.69) is 38.3 Å². The summed E-state index contributed by atoms with van der Waals surface area (Å²) < 4.78 is 0. The van der Waals surface area contributed by atoms with E-state index in [1.54, 1.807) is 0 Å². The van der Waals surface area contributed by atoms with Crippen molar-refractivity contribution < 1.29 is 0 Å². The summed E-state index contributed by atoms with van der Waals surface area (Å²) in [6, 6.07) is 0.619. The molecular formula is C10H26N2. The zero-order chi connectivity index (χ0) is 9.98. The average molecular weight is 174 g/mol. The Kier molecular flexibility index (Phi) is 13.1. The zero-order valence-electron chi connectivity index (χ0n) is 9.57. The van der Waals surface area contributed by atoms with Gasteiger partial charge in [-0.25, -0.2) is 0 Å². The molecular weight excluding hydrogens is 148 g/mol. The van der Waals surface area contributed by atoms with Gasteiger partial charge in [0, 0.05) is 6.04 Å². The van der Waals surface area contributed by atoms with Crippen LogP contribution in [0.4, 0.5) is 0 Å². The van der Waals surface area contributed by atoms with Gasteiger partial charge < -0.3 is 5.32 Å². The molecule has 2 N–H and O–H groups in total. The topological polar surface area (TPSA) is 24.1 Å². The van der Waals surface area contributed by atoms with Gasteiger partial charge in [-0.3, -0.25) is 5.32 Å². The zero-order valence-corrected chi connectivity index (χ0v) is 9.57. The molecule has 0 aromatic heterocycles. The first-order chi connectivity index (χ1) is 5.70. The predicted molar refractivity (Wildman–Crippen MR) is 57.4 cm³/mol. The molecule has 2 nitrogen and oxygen atoms in total. The van der Waals surface area contributed by atoms with Crippen molar-refractivity contribution in [3.05, 3.63) is 0 Å². The van der Waals surface area contributed by atoms with E-state index >= 15 is 0 Å². The largest absolute Gasteiger partial charge is 0.302 e. The maximum atomic E-state index is 3.42. The minimum absolute atomic E-state index is 0.444. The van der Waals surface area contributed by atoms with Gasteiger partial charge in [-0.2, -0.15) is 0 Å². The molecule has 0 fully saturated rings. The first kappa shape index (κ1) is 14.4. The third-order valence-electron chi connectivity index (χ3n) is 1.66. The highest BCUT2D eigenvalue weighted by molar-refractivity contribution is 4.62. The third kappa shape index (κ3) is 9.92. The summed E-state index contributed by atoms with van der Waals surface area (Å²) in [5.41, 5.74) is 0. The number of hydrogen-bond donors (Lipinski definition) is 2. The standard InChI is InChI=1S/C8H20N2.C2H6/c1-5-7(3)10-8(4)9-6-2;1-2/h7-10H,5-6H2,1-4H3;1-2H3. The van der Waals surface area contributed by atoms with Crippen LogP contribution < -0.4 is 10.6 Å². The van der Waals surface area contributed by atoms with E-state index in [9.17, 15) is 0 Å². The van der Waals surface area contributed by atoms with Gasteiger partial charge in [-0.15, -0.1) is 0 Å². The van der Waals surface area contributed by atoms with Crippen molar-refractivity contribution >= 4 is 0 Å². The van der Waals surface area contributed by atoms with E-state index in [4.69, 9.17) is 0 Å². The molecule has 0 heterocycles. The molecule has 0 radical (unpaired) electrons. The Bertz CT molecular complexity index is 74.2. The predicted octanol–water partition coefficient (Wildman–Crippen LogP) is 2.36. The fourth-order valence-corrected chi connectivity index (χ4v) is 0.910. The van der Waals surface area contributed by atoms with Crippen LogP contribution in [0.1, 0.15) is 48.0 Å². The molecule has 0 aliphatic carbocycles. The molecule has 0 amide bonds. The van der Waals surface area contributed by atoms with Crippen LogP contribution in [-0.2, 0) is 0 Å². The highest BCUT2D eigenvalue weighted by Gasteiger charge is 2.01. The highest BCUT2D eigenvalue weighted by Crippen LogP contribution is 1.88. The van der Waals surface area contributed by atoms with E-state index in [0.29, 0.717) is 12.2 Å². The molecule has 0 spiro atoms. The van der Waals surface area contributed by atoms with Gasteiger partial charge in [0.15, 0.2) is 0 Å². The minimum Gasteiger partial charge on any atom is -0.302 e. The van der Waals surface area contributed by atoms with Crippen LogP contribution in [-0.4, -0.2) is 18.8 Å². The number of rotatable bonds is 5. The smallest absolute Gasteiger partial charge is 0.0544 e. The summed E-state index contributed by atoms with van der Waals surface area (Å²) >= 11 is 0. The lowest BCUT2D eigenvalue weighted by atomic mass is 10.2. The van der Waals surface area contributed by atoms with Crippen molar-refractivity contribution in [1.82, 2.24) is 10.6 Å². The second-order valence-corrected chi connectivity index (χ2v) is 2.76. The Morgan fingerprint density at radius 3 is 1.92 bits per heavy atom. The SMILES string of the molecule is CC.CCNC(C)NC(C)CC. The van der Waals surface area contributed by atoms with Crippen LogP contribution in [0.5, 0.6) is 0 Å². The lowest BCUT2D eigenvalue weighted by Crippen LogP contribution is -2.43. The van der Waals surface area contributed by atoms with Gasteiger partial charge in [0.05, 0.1) is 6.17 Å². The van der Waals surface area contributed by atoms with E-state index in [-0.39, 0.29) is 0 Å². The normalized spacial score (nSPS) is 14.5. The summed E-state index contributed by atoms with van der Waals surface area (Å²) in [4.78, 5) is 0.